The maximum absolute atomic E-state index is 12.4. The summed E-state index contributed by atoms with van der Waals surface area (Å²) < 4.78 is 42.3. The van der Waals surface area contributed by atoms with E-state index in [2.05, 4.69) is 0 Å². The number of allylic oxidation sites excluding steroid dienone is 1. The SMILES string of the molecule is FC(F)(F)/C=C/C(c1ccccc1)N1CCOCC1. The number of benzene rings is 1. The predicted molar refractivity (Wildman–Crippen MR) is 66.8 cm³/mol. The normalized spacial score (nSPS) is 19.7. The number of hydrogen-bond donors (Lipinski definition) is 0. The highest BCUT2D eigenvalue weighted by molar-refractivity contribution is 5.23. The number of hydrogen-bond acceptors (Lipinski definition) is 2. The van der Waals surface area contributed by atoms with E-state index >= 15 is 0 Å². The molecule has 0 aliphatic carbocycles. The minimum atomic E-state index is -4.28. The van der Waals surface area contributed by atoms with Crippen molar-refractivity contribution in [2.24, 2.45) is 0 Å². The van der Waals surface area contributed by atoms with Gasteiger partial charge in [-0.1, -0.05) is 36.4 Å². The van der Waals surface area contributed by atoms with Gasteiger partial charge >= 0.3 is 6.18 Å². The van der Waals surface area contributed by atoms with Crippen LogP contribution in [-0.2, 0) is 4.74 Å². The van der Waals surface area contributed by atoms with Crippen molar-refractivity contribution < 1.29 is 17.9 Å². The first-order chi connectivity index (χ1) is 9.06. The molecule has 1 aromatic rings. The predicted octanol–water partition coefficient (Wildman–Crippen LogP) is 3.18. The van der Waals surface area contributed by atoms with Crippen LogP contribution in [-0.4, -0.2) is 37.4 Å². The minimum Gasteiger partial charge on any atom is -0.379 e. The van der Waals surface area contributed by atoms with Crippen molar-refractivity contribution in [1.29, 1.82) is 0 Å². The van der Waals surface area contributed by atoms with E-state index in [1.54, 1.807) is 0 Å². The molecule has 1 saturated heterocycles. The monoisotopic (exact) mass is 271 g/mol. The van der Waals surface area contributed by atoms with Crippen LogP contribution >= 0.6 is 0 Å². The second-order valence-electron chi connectivity index (χ2n) is 4.40. The van der Waals surface area contributed by atoms with Crippen molar-refractivity contribution in [2.75, 3.05) is 26.3 Å². The molecule has 1 aliphatic heterocycles. The molecular formula is C14H16F3NO. The second kappa shape index (κ2) is 6.21. The van der Waals surface area contributed by atoms with Crippen LogP contribution in [0.15, 0.2) is 42.5 Å². The lowest BCUT2D eigenvalue weighted by Gasteiger charge is -2.33. The Kier molecular flexibility index (Phi) is 4.61. The Morgan fingerprint density at radius 3 is 2.32 bits per heavy atom. The van der Waals surface area contributed by atoms with Crippen LogP contribution in [0.3, 0.4) is 0 Å². The third kappa shape index (κ3) is 4.36. The summed E-state index contributed by atoms with van der Waals surface area (Å²) in [6, 6.07) is 8.87. The van der Waals surface area contributed by atoms with Gasteiger partial charge in [-0.25, -0.2) is 0 Å². The molecule has 2 rings (SSSR count). The van der Waals surface area contributed by atoms with Gasteiger partial charge in [0.2, 0.25) is 0 Å². The molecule has 1 atom stereocenters. The van der Waals surface area contributed by atoms with Gasteiger partial charge in [0.25, 0.3) is 0 Å². The standard InChI is InChI=1S/C14H16F3NO/c15-14(16,17)7-6-13(12-4-2-1-3-5-12)18-8-10-19-11-9-18/h1-7,13H,8-11H2/b7-6+. The molecule has 1 aromatic carbocycles. The summed E-state index contributed by atoms with van der Waals surface area (Å²) in [5.41, 5.74) is 0.866. The molecule has 1 heterocycles. The summed E-state index contributed by atoms with van der Waals surface area (Å²) in [6.45, 7) is 2.40. The van der Waals surface area contributed by atoms with Gasteiger partial charge in [-0.3, -0.25) is 4.90 Å². The van der Waals surface area contributed by atoms with E-state index in [0.29, 0.717) is 32.4 Å². The molecule has 2 nitrogen and oxygen atoms in total. The summed E-state index contributed by atoms with van der Waals surface area (Å²) in [5, 5.41) is 0. The van der Waals surface area contributed by atoms with E-state index in [9.17, 15) is 13.2 Å². The fraction of sp³-hybridized carbons (Fsp3) is 0.429. The molecule has 0 aromatic heterocycles. The van der Waals surface area contributed by atoms with Crippen LogP contribution in [0.5, 0.6) is 0 Å². The topological polar surface area (TPSA) is 12.5 Å². The van der Waals surface area contributed by atoms with Crippen LogP contribution < -0.4 is 0 Å². The van der Waals surface area contributed by atoms with Crippen molar-refractivity contribution in [3.05, 3.63) is 48.0 Å². The van der Waals surface area contributed by atoms with Gasteiger partial charge in [-0.05, 0) is 5.56 Å². The highest BCUT2D eigenvalue weighted by Crippen LogP contribution is 2.26. The average molecular weight is 271 g/mol. The van der Waals surface area contributed by atoms with E-state index in [4.69, 9.17) is 4.74 Å². The van der Waals surface area contributed by atoms with Crippen LogP contribution in [0.4, 0.5) is 13.2 Å². The average Bonchev–Trinajstić information content (AvgIpc) is 2.40. The van der Waals surface area contributed by atoms with E-state index < -0.39 is 6.18 Å². The molecule has 1 unspecified atom stereocenters. The smallest absolute Gasteiger partial charge is 0.379 e. The van der Waals surface area contributed by atoms with Gasteiger partial charge in [-0.15, -0.1) is 0 Å². The van der Waals surface area contributed by atoms with Gasteiger partial charge in [0.1, 0.15) is 0 Å². The molecular weight excluding hydrogens is 255 g/mol. The van der Waals surface area contributed by atoms with Crippen LogP contribution in [0.1, 0.15) is 11.6 Å². The number of rotatable bonds is 3. The molecule has 1 fully saturated rings. The molecule has 1 aliphatic rings. The minimum absolute atomic E-state index is 0.320. The van der Waals surface area contributed by atoms with Crippen molar-refractivity contribution in [3.63, 3.8) is 0 Å². The Balaban J connectivity index is 2.20. The number of halogens is 3. The van der Waals surface area contributed by atoms with Crippen molar-refractivity contribution in [3.8, 4) is 0 Å². The molecule has 0 bridgehead atoms. The Hall–Kier alpha value is -1.33. The lowest BCUT2D eigenvalue weighted by molar-refractivity contribution is -0.0805. The van der Waals surface area contributed by atoms with Crippen molar-refractivity contribution in [1.82, 2.24) is 4.90 Å². The zero-order valence-corrected chi connectivity index (χ0v) is 10.4. The Bertz CT molecular complexity index is 410. The van der Waals surface area contributed by atoms with E-state index in [1.807, 2.05) is 35.2 Å². The summed E-state index contributed by atoms with van der Waals surface area (Å²) in [7, 11) is 0. The highest BCUT2D eigenvalue weighted by Gasteiger charge is 2.25. The van der Waals surface area contributed by atoms with E-state index in [0.717, 1.165) is 5.56 Å². The van der Waals surface area contributed by atoms with Gasteiger partial charge in [0, 0.05) is 19.2 Å². The Labute approximate surface area is 110 Å². The number of morpholine rings is 1. The first kappa shape index (κ1) is 14.1. The van der Waals surface area contributed by atoms with Crippen LogP contribution in [0, 0.1) is 0 Å². The van der Waals surface area contributed by atoms with E-state index in [-0.39, 0.29) is 6.04 Å². The molecule has 19 heavy (non-hydrogen) atoms. The summed E-state index contributed by atoms with van der Waals surface area (Å²) >= 11 is 0. The molecule has 5 heteroatoms. The summed E-state index contributed by atoms with van der Waals surface area (Å²) in [5.74, 6) is 0. The lowest BCUT2D eigenvalue weighted by atomic mass is 10.0. The van der Waals surface area contributed by atoms with Gasteiger partial charge in [-0.2, -0.15) is 13.2 Å². The Morgan fingerprint density at radius 2 is 1.74 bits per heavy atom. The quantitative estimate of drug-likeness (QED) is 0.783. The van der Waals surface area contributed by atoms with Gasteiger partial charge in [0.15, 0.2) is 0 Å². The Morgan fingerprint density at radius 1 is 1.11 bits per heavy atom. The molecule has 0 spiro atoms. The molecule has 0 saturated carbocycles. The maximum Gasteiger partial charge on any atom is 0.409 e. The third-order valence-electron chi connectivity index (χ3n) is 3.05. The number of alkyl halides is 3. The van der Waals surface area contributed by atoms with Crippen LogP contribution in [0.2, 0.25) is 0 Å². The first-order valence-corrected chi connectivity index (χ1v) is 6.19. The zero-order valence-electron chi connectivity index (χ0n) is 10.4. The van der Waals surface area contributed by atoms with Crippen molar-refractivity contribution >= 4 is 0 Å². The molecule has 0 amide bonds. The van der Waals surface area contributed by atoms with Gasteiger partial charge in [0.05, 0.1) is 19.3 Å². The first-order valence-electron chi connectivity index (χ1n) is 6.19. The summed E-state index contributed by atoms with van der Waals surface area (Å²) in [6.07, 6.45) is -2.74. The van der Waals surface area contributed by atoms with Crippen LogP contribution in [0.25, 0.3) is 0 Å². The largest absolute Gasteiger partial charge is 0.409 e. The van der Waals surface area contributed by atoms with Crippen molar-refractivity contribution in [2.45, 2.75) is 12.2 Å². The fourth-order valence-electron chi connectivity index (χ4n) is 2.15. The zero-order chi connectivity index (χ0) is 13.7. The lowest BCUT2D eigenvalue weighted by Crippen LogP contribution is -2.38. The maximum atomic E-state index is 12.4. The number of nitrogens with zero attached hydrogens (tertiary/aromatic N) is 1. The molecule has 104 valence electrons. The van der Waals surface area contributed by atoms with E-state index in [1.165, 1.54) is 6.08 Å². The second-order valence-corrected chi connectivity index (χ2v) is 4.40. The summed E-state index contributed by atoms with van der Waals surface area (Å²) in [4.78, 5) is 2.00. The third-order valence-corrected chi connectivity index (χ3v) is 3.05. The molecule has 0 N–H and O–H groups in total. The van der Waals surface area contributed by atoms with Gasteiger partial charge < -0.3 is 4.74 Å². The molecule has 0 radical (unpaired) electrons. The highest BCUT2D eigenvalue weighted by atomic mass is 19.4. The fourth-order valence-corrected chi connectivity index (χ4v) is 2.15. The number of ether oxygens (including phenoxy) is 1.